The van der Waals surface area contributed by atoms with E-state index < -0.39 is 0 Å². The third-order valence-electron chi connectivity index (χ3n) is 4.02. The van der Waals surface area contributed by atoms with Crippen LogP contribution in [0.2, 0.25) is 0 Å². The average Bonchev–Trinajstić information content (AvgIpc) is 2.51. The zero-order chi connectivity index (χ0) is 15.1. The van der Waals surface area contributed by atoms with Crippen molar-refractivity contribution in [1.82, 2.24) is 5.32 Å². The first-order valence-electron chi connectivity index (χ1n) is 8.05. The first-order chi connectivity index (χ1) is 10.2. The summed E-state index contributed by atoms with van der Waals surface area (Å²) in [6.07, 6.45) is 3.44. The van der Waals surface area contributed by atoms with Crippen molar-refractivity contribution in [1.29, 1.82) is 0 Å². The normalized spacial score (nSPS) is 12.3. The predicted octanol–water partition coefficient (Wildman–Crippen LogP) is 4.98. The average molecular weight is 281 g/mol. The summed E-state index contributed by atoms with van der Waals surface area (Å²) in [6.45, 7) is 7.70. The fraction of sp³-hybridized carbons (Fsp3) is 0.400. The highest BCUT2D eigenvalue weighted by Gasteiger charge is 2.13. The third kappa shape index (κ3) is 4.71. The van der Waals surface area contributed by atoms with Gasteiger partial charge in [0.1, 0.15) is 0 Å². The molecular weight excluding hydrogens is 254 g/mol. The van der Waals surface area contributed by atoms with Gasteiger partial charge >= 0.3 is 0 Å². The molecule has 1 heteroatoms. The van der Waals surface area contributed by atoms with Crippen molar-refractivity contribution in [2.45, 2.75) is 46.1 Å². The molecule has 0 bridgehead atoms. The van der Waals surface area contributed by atoms with Gasteiger partial charge in [0.2, 0.25) is 0 Å². The van der Waals surface area contributed by atoms with E-state index in [-0.39, 0.29) is 0 Å². The number of benzene rings is 2. The smallest absolute Gasteiger partial charge is 0.0326 e. The molecule has 1 unspecified atom stereocenters. The number of hydrogen-bond acceptors (Lipinski definition) is 1. The highest BCUT2D eigenvalue weighted by molar-refractivity contribution is 5.33. The maximum atomic E-state index is 3.72. The van der Waals surface area contributed by atoms with Crippen LogP contribution in [0.4, 0.5) is 0 Å². The van der Waals surface area contributed by atoms with E-state index in [0.717, 1.165) is 19.4 Å². The Hall–Kier alpha value is -1.60. The molecule has 1 atom stereocenters. The molecule has 1 nitrogen and oxygen atoms in total. The summed E-state index contributed by atoms with van der Waals surface area (Å²) < 4.78 is 0. The van der Waals surface area contributed by atoms with Crippen molar-refractivity contribution in [3.63, 3.8) is 0 Å². The maximum absolute atomic E-state index is 3.72. The van der Waals surface area contributed by atoms with Gasteiger partial charge in [-0.1, -0.05) is 61.0 Å². The van der Waals surface area contributed by atoms with E-state index in [1.54, 1.807) is 0 Å². The minimum absolute atomic E-state index is 0.449. The van der Waals surface area contributed by atoms with Crippen LogP contribution in [0.5, 0.6) is 0 Å². The predicted molar refractivity (Wildman–Crippen MR) is 91.7 cm³/mol. The largest absolute Gasteiger partial charge is 0.310 e. The summed E-state index contributed by atoms with van der Waals surface area (Å²) in [5, 5.41) is 3.72. The number of hydrogen-bond donors (Lipinski definition) is 1. The number of nitrogens with one attached hydrogen (secondary N) is 1. The lowest BCUT2D eigenvalue weighted by Crippen LogP contribution is -2.23. The fourth-order valence-electron chi connectivity index (χ4n) is 2.78. The highest BCUT2D eigenvalue weighted by Crippen LogP contribution is 2.24. The van der Waals surface area contributed by atoms with Gasteiger partial charge in [-0.15, -0.1) is 0 Å². The van der Waals surface area contributed by atoms with E-state index in [1.807, 2.05) is 0 Å². The quantitative estimate of drug-likeness (QED) is 0.755. The van der Waals surface area contributed by atoms with E-state index in [9.17, 15) is 0 Å². The second kappa shape index (κ2) is 7.99. The van der Waals surface area contributed by atoms with Gasteiger partial charge in [-0.2, -0.15) is 0 Å². The van der Waals surface area contributed by atoms with Crippen LogP contribution in [-0.4, -0.2) is 6.54 Å². The van der Waals surface area contributed by atoms with Crippen LogP contribution in [0.1, 0.15) is 48.1 Å². The highest BCUT2D eigenvalue weighted by atomic mass is 14.9. The Balaban J connectivity index is 2.12. The Labute approximate surface area is 129 Å². The lowest BCUT2D eigenvalue weighted by Gasteiger charge is -2.21. The van der Waals surface area contributed by atoms with E-state index in [0.29, 0.717) is 6.04 Å². The zero-order valence-corrected chi connectivity index (χ0v) is 13.5. The molecule has 0 radical (unpaired) electrons. The summed E-state index contributed by atoms with van der Waals surface area (Å²) in [6, 6.07) is 18.0. The molecule has 0 saturated heterocycles. The van der Waals surface area contributed by atoms with Crippen LogP contribution in [0.25, 0.3) is 0 Å². The molecule has 0 aliphatic carbocycles. The molecule has 0 fully saturated rings. The number of rotatable bonds is 7. The zero-order valence-electron chi connectivity index (χ0n) is 13.5. The summed E-state index contributed by atoms with van der Waals surface area (Å²) >= 11 is 0. The van der Waals surface area contributed by atoms with Crippen molar-refractivity contribution in [3.05, 3.63) is 70.8 Å². The molecule has 0 aliphatic heterocycles. The van der Waals surface area contributed by atoms with Crippen LogP contribution in [0, 0.1) is 13.8 Å². The maximum Gasteiger partial charge on any atom is 0.0326 e. The van der Waals surface area contributed by atoms with Crippen LogP contribution in [0.3, 0.4) is 0 Å². The summed E-state index contributed by atoms with van der Waals surface area (Å²) in [5.74, 6) is 0. The number of aryl methyl sites for hydroxylation is 3. The molecule has 0 spiro atoms. The van der Waals surface area contributed by atoms with E-state index in [1.165, 1.54) is 28.7 Å². The first-order valence-corrected chi connectivity index (χ1v) is 8.05. The molecule has 2 aromatic rings. The van der Waals surface area contributed by atoms with Crippen molar-refractivity contribution >= 4 is 0 Å². The van der Waals surface area contributed by atoms with Gasteiger partial charge in [0, 0.05) is 6.04 Å². The summed E-state index contributed by atoms with van der Waals surface area (Å²) in [4.78, 5) is 0. The Kier molecular flexibility index (Phi) is 6.01. The molecule has 2 aromatic carbocycles. The standard InChI is InChI=1S/C20H27N/c1-4-14-21-20(13-12-18-8-6-5-7-9-18)19-15-16(2)10-11-17(19)3/h5-11,15,20-21H,4,12-14H2,1-3H3. The Morgan fingerprint density at radius 2 is 1.76 bits per heavy atom. The fourth-order valence-corrected chi connectivity index (χ4v) is 2.78. The minimum atomic E-state index is 0.449. The van der Waals surface area contributed by atoms with Gasteiger partial charge in [0.05, 0.1) is 0 Å². The molecule has 21 heavy (non-hydrogen) atoms. The lowest BCUT2D eigenvalue weighted by molar-refractivity contribution is 0.497. The Bertz CT molecular complexity index is 545. The van der Waals surface area contributed by atoms with E-state index in [2.05, 4.69) is 74.6 Å². The Morgan fingerprint density at radius 1 is 1.00 bits per heavy atom. The third-order valence-corrected chi connectivity index (χ3v) is 4.02. The van der Waals surface area contributed by atoms with Gasteiger partial charge in [0.15, 0.2) is 0 Å². The lowest BCUT2D eigenvalue weighted by atomic mass is 9.94. The molecule has 0 aliphatic rings. The van der Waals surface area contributed by atoms with Crippen LogP contribution in [-0.2, 0) is 6.42 Å². The van der Waals surface area contributed by atoms with Crippen LogP contribution >= 0.6 is 0 Å². The van der Waals surface area contributed by atoms with Crippen molar-refractivity contribution < 1.29 is 0 Å². The second-order valence-electron chi connectivity index (χ2n) is 5.89. The van der Waals surface area contributed by atoms with Crippen molar-refractivity contribution in [3.8, 4) is 0 Å². The van der Waals surface area contributed by atoms with Gasteiger partial charge in [-0.05, 0) is 56.3 Å². The van der Waals surface area contributed by atoms with Crippen LogP contribution < -0.4 is 5.32 Å². The van der Waals surface area contributed by atoms with E-state index >= 15 is 0 Å². The molecule has 0 aromatic heterocycles. The van der Waals surface area contributed by atoms with Gasteiger partial charge in [-0.3, -0.25) is 0 Å². The monoisotopic (exact) mass is 281 g/mol. The van der Waals surface area contributed by atoms with Crippen molar-refractivity contribution in [2.24, 2.45) is 0 Å². The molecule has 0 amide bonds. The van der Waals surface area contributed by atoms with Gasteiger partial charge < -0.3 is 5.32 Å². The topological polar surface area (TPSA) is 12.0 Å². The molecule has 2 rings (SSSR count). The second-order valence-corrected chi connectivity index (χ2v) is 5.89. The van der Waals surface area contributed by atoms with Gasteiger partial charge in [-0.25, -0.2) is 0 Å². The Morgan fingerprint density at radius 3 is 2.48 bits per heavy atom. The molecule has 0 saturated carbocycles. The minimum Gasteiger partial charge on any atom is -0.310 e. The molecule has 0 heterocycles. The molecule has 1 N–H and O–H groups in total. The first kappa shape index (κ1) is 15.8. The van der Waals surface area contributed by atoms with Gasteiger partial charge in [0.25, 0.3) is 0 Å². The summed E-state index contributed by atoms with van der Waals surface area (Å²) in [5.41, 5.74) is 5.62. The van der Waals surface area contributed by atoms with Crippen molar-refractivity contribution in [2.75, 3.05) is 6.54 Å². The SMILES string of the molecule is CCCNC(CCc1ccccc1)c1cc(C)ccc1C. The molecular formula is C20H27N. The molecule has 112 valence electrons. The summed E-state index contributed by atoms with van der Waals surface area (Å²) in [7, 11) is 0. The van der Waals surface area contributed by atoms with E-state index in [4.69, 9.17) is 0 Å². The van der Waals surface area contributed by atoms with Crippen LogP contribution in [0.15, 0.2) is 48.5 Å².